The molecule has 2 rings (SSSR count). The van der Waals surface area contributed by atoms with Gasteiger partial charge in [0.2, 0.25) is 5.95 Å². The predicted molar refractivity (Wildman–Crippen MR) is 63.6 cm³/mol. The largest absolute Gasteiger partial charge is 0.319 e. The Hall–Kier alpha value is -2.01. The average molecular weight is 269 g/mol. The Morgan fingerprint density at radius 2 is 2.00 bits per heavy atom. The maximum atomic E-state index is 13.4. The lowest BCUT2D eigenvalue weighted by Gasteiger charge is -2.06. The number of nitrogens with one attached hydrogen (secondary N) is 1. The molecular formula is C12H7ClF2N2O. The number of rotatable bonds is 2. The highest BCUT2D eigenvalue weighted by molar-refractivity contribution is 6.31. The van der Waals surface area contributed by atoms with Crippen molar-refractivity contribution < 1.29 is 13.6 Å². The highest BCUT2D eigenvalue weighted by Gasteiger charge is 2.10. The molecule has 0 radical (unpaired) electrons. The molecule has 0 atom stereocenters. The molecule has 18 heavy (non-hydrogen) atoms. The second-order valence-corrected chi connectivity index (χ2v) is 3.88. The number of nitrogens with zero attached hydrogens (tertiary/aromatic N) is 1. The van der Waals surface area contributed by atoms with Crippen LogP contribution in [0.3, 0.4) is 0 Å². The van der Waals surface area contributed by atoms with Crippen LogP contribution in [-0.2, 0) is 0 Å². The molecule has 1 N–H and O–H groups in total. The summed E-state index contributed by atoms with van der Waals surface area (Å²) in [6.07, 6.45) is 1.06. The van der Waals surface area contributed by atoms with E-state index in [1.165, 1.54) is 18.2 Å². The molecule has 1 aromatic carbocycles. The van der Waals surface area contributed by atoms with Crippen LogP contribution in [0, 0.1) is 11.8 Å². The van der Waals surface area contributed by atoms with Crippen molar-refractivity contribution in [1.82, 2.24) is 4.98 Å². The fourth-order valence-corrected chi connectivity index (χ4v) is 1.47. The average Bonchev–Trinajstić information content (AvgIpc) is 2.34. The van der Waals surface area contributed by atoms with Gasteiger partial charge in [-0.2, -0.15) is 4.39 Å². The summed E-state index contributed by atoms with van der Waals surface area (Å²) in [7, 11) is 0. The van der Waals surface area contributed by atoms with Crippen molar-refractivity contribution in [3.8, 4) is 0 Å². The van der Waals surface area contributed by atoms with Gasteiger partial charge in [0.05, 0.1) is 11.3 Å². The molecule has 92 valence electrons. The van der Waals surface area contributed by atoms with Crippen molar-refractivity contribution in [2.45, 2.75) is 0 Å². The lowest BCUT2D eigenvalue weighted by Crippen LogP contribution is -2.13. The number of halogens is 3. The molecule has 3 nitrogen and oxygen atoms in total. The summed E-state index contributed by atoms with van der Waals surface area (Å²) in [6, 6.07) is 6.09. The van der Waals surface area contributed by atoms with Gasteiger partial charge in [0, 0.05) is 11.2 Å². The van der Waals surface area contributed by atoms with Gasteiger partial charge in [0.15, 0.2) is 0 Å². The van der Waals surface area contributed by atoms with Crippen LogP contribution in [0.25, 0.3) is 0 Å². The van der Waals surface area contributed by atoms with Crippen LogP contribution >= 0.6 is 11.6 Å². The van der Waals surface area contributed by atoms with E-state index in [2.05, 4.69) is 10.3 Å². The first-order valence-electron chi connectivity index (χ1n) is 4.94. The molecule has 1 aromatic heterocycles. The highest BCUT2D eigenvalue weighted by atomic mass is 35.5. The van der Waals surface area contributed by atoms with Crippen LogP contribution in [-0.4, -0.2) is 10.9 Å². The molecule has 0 saturated carbocycles. The molecule has 6 heteroatoms. The normalized spacial score (nSPS) is 10.2. The van der Waals surface area contributed by atoms with Crippen molar-refractivity contribution in [2.24, 2.45) is 0 Å². The SMILES string of the molecule is O=C(Nc1cc(Cl)ccc1F)c1ccc(F)nc1. The molecule has 2 aromatic rings. The maximum Gasteiger partial charge on any atom is 0.257 e. The summed E-state index contributed by atoms with van der Waals surface area (Å²) in [6.45, 7) is 0. The minimum atomic E-state index is -0.694. The predicted octanol–water partition coefficient (Wildman–Crippen LogP) is 3.27. The van der Waals surface area contributed by atoms with E-state index in [-0.39, 0.29) is 11.3 Å². The Balaban J connectivity index is 2.21. The molecular weight excluding hydrogens is 262 g/mol. The number of hydrogen-bond acceptors (Lipinski definition) is 2. The molecule has 0 fully saturated rings. The number of aromatic nitrogens is 1. The van der Waals surface area contributed by atoms with E-state index in [4.69, 9.17) is 11.6 Å². The zero-order valence-corrected chi connectivity index (χ0v) is 9.71. The fourth-order valence-electron chi connectivity index (χ4n) is 1.30. The summed E-state index contributed by atoms with van der Waals surface area (Å²) in [4.78, 5) is 15.0. The molecule has 0 aliphatic heterocycles. The smallest absolute Gasteiger partial charge is 0.257 e. The Kier molecular flexibility index (Phi) is 3.53. The summed E-state index contributed by atoms with van der Waals surface area (Å²) < 4.78 is 25.9. The van der Waals surface area contributed by atoms with Crippen molar-refractivity contribution in [3.63, 3.8) is 0 Å². The van der Waals surface area contributed by atoms with Crippen molar-refractivity contribution in [1.29, 1.82) is 0 Å². The van der Waals surface area contributed by atoms with Gasteiger partial charge in [-0.25, -0.2) is 9.37 Å². The van der Waals surface area contributed by atoms with E-state index in [0.717, 1.165) is 18.3 Å². The minimum absolute atomic E-state index is 0.0446. The topological polar surface area (TPSA) is 42.0 Å². The van der Waals surface area contributed by atoms with E-state index in [0.29, 0.717) is 5.02 Å². The van der Waals surface area contributed by atoms with Gasteiger partial charge in [-0.1, -0.05) is 11.6 Å². The van der Waals surface area contributed by atoms with E-state index in [9.17, 15) is 13.6 Å². The lowest BCUT2D eigenvalue weighted by molar-refractivity contribution is 0.102. The van der Waals surface area contributed by atoms with Gasteiger partial charge in [0.1, 0.15) is 5.82 Å². The first-order valence-corrected chi connectivity index (χ1v) is 5.32. The fraction of sp³-hybridized carbons (Fsp3) is 0. The summed E-state index contributed by atoms with van der Waals surface area (Å²) >= 11 is 5.69. The first kappa shape index (κ1) is 12.4. The number of anilines is 1. The van der Waals surface area contributed by atoms with E-state index < -0.39 is 17.7 Å². The van der Waals surface area contributed by atoms with E-state index in [1.807, 2.05) is 0 Å². The number of carbonyl (C=O) groups is 1. The second kappa shape index (κ2) is 5.10. The number of hydrogen-bond donors (Lipinski definition) is 1. The number of benzene rings is 1. The molecule has 1 amide bonds. The van der Waals surface area contributed by atoms with Crippen molar-refractivity contribution in [3.05, 3.63) is 58.9 Å². The van der Waals surface area contributed by atoms with Gasteiger partial charge in [-0.15, -0.1) is 0 Å². The highest BCUT2D eigenvalue weighted by Crippen LogP contribution is 2.20. The first-order chi connectivity index (χ1) is 8.56. The van der Waals surface area contributed by atoms with Crippen LogP contribution in [0.1, 0.15) is 10.4 Å². The molecule has 0 spiro atoms. The van der Waals surface area contributed by atoms with Crippen LogP contribution in [0.15, 0.2) is 36.5 Å². The number of carbonyl (C=O) groups excluding carboxylic acids is 1. The number of pyridine rings is 1. The Morgan fingerprint density at radius 3 is 2.67 bits per heavy atom. The standard InChI is InChI=1S/C12H7ClF2N2O/c13-8-2-3-9(14)10(5-8)17-12(18)7-1-4-11(15)16-6-7/h1-6H,(H,17,18). The molecule has 1 heterocycles. The van der Waals surface area contributed by atoms with E-state index >= 15 is 0 Å². The third-order valence-corrected chi connectivity index (χ3v) is 2.40. The number of amides is 1. The van der Waals surface area contributed by atoms with Crippen LogP contribution in [0.2, 0.25) is 5.02 Å². The van der Waals surface area contributed by atoms with Crippen LogP contribution < -0.4 is 5.32 Å². The van der Waals surface area contributed by atoms with Crippen LogP contribution in [0.5, 0.6) is 0 Å². The molecule has 0 aliphatic carbocycles. The van der Waals surface area contributed by atoms with Gasteiger partial charge in [-0.3, -0.25) is 4.79 Å². The third-order valence-electron chi connectivity index (χ3n) is 2.17. The molecule has 0 bridgehead atoms. The minimum Gasteiger partial charge on any atom is -0.319 e. The van der Waals surface area contributed by atoms with Crippen LogP contribution in [0.4, 0.5) is 14.5 Å². The zero-order chi connectivity index (χ0) is 13.1. The lowest BCUT2D eigenvalue weighted by atomic mass is 10.2. The molecule has 0 unspecified atom stereocenters. The quantitative estimate of drug-likeness (QED) is 0.850. The molecule has 0 aliphatic rings. The summed E-state index contributed by atoms with van der Waals surface area (Å²) in [5.74, 6) is -1.90. The Bertz CT molecular complexity index is 587. The van der Waals surface area contributed by atoms with Crippen molar-refractivity contribution >= 4 is 23.2 Å². The second-order valence-electron chi connectivity index (χ2n) is 3.45. The van der Waals surface area contributed by atoms with Gasteiger partial charge < -0.3 is 5.32 Å². The summed E-state index contributed by atoms with van der Waals surface area (Å²) in [5.41, 5.74) is 0.0765. The van der Waals surface area contributed by atoms with Crippen molar-refractivity contribution in [2.75, 3.05) is 5.32 Å². The Morgan fingerprint density at radius 1 is 1.22 bits per heavy atom. The Labute approximate surface area is 106 Å². The van der Waals surface area contributed by atoms with E-state index in [1.54, 1.807) is 0 Å². The summed E-state index contributed by atoms with van der Waals surface area (Å²) in [5, 5.41) is 2.62. The van der Waals surface area contributed by atoms with Gasteiger partial charge in [0.25, 0.3) is 5.91 Å². The van der Waals surface area contributed by atoms with Gasteiger partial charge >= 0.3 is 0 Å². The van der Waals surface area contributed by atoms with Gasteiger partial charge in [-0.05, 0) is 30.3 Å². The monoisotopic (exact) mass is 268 g/mol. The zero-order valence-electron chi connectivity index (χ0n) is 8.95. The molecule has 0 saturated heterocycles. The third kappa shape index (κ3) is 2.81. The maximum absolute atomic E-state index is 13.4.